The fraction of sp³-hybridized carbons (Fsp3) is 0.417. The summed E-state index contributed by atoms with van der Waals surface area (Å²) < 4.78 is 10.5. The van der Waals surface area contributed by atoms with Crippen molar-refractivity contribution >= 4 is 11.3 Å². The molecule has 0 saturated carbocycles. The summed E-state index contributed by atoms with van der Waals surface area (Å²) in [6.07, 6.45) is 1.50. The van der Waals surface area contributed by atoms with Gasteiger partial charge in [-0.3, -0.25) is 0 Å². The van der Waals surface area contributed by atoms with E-state index in [4.69, 9.17) is 9.15 Å². The van der Waals surface area contributed by atoms with Gasteiger partial charge in [0.15, 0.2) is 12.2 Å². The Balaban J connectivity index is 2.05. The molecule has 2 aromatic heterocycles. The number of ether oxygens (including phenoxy) is 1. The topological polar surface area (TPSA) is 47.3 Å². The van der Waals surface area contributed by atoms with E-state index in [0.29, 0.717) is 13.2 Å². The van der Waals surface area contributed by atoms with Crippen LogP contribution >= 0.6 is 11.3 Å². The van der Waals surface area contributed by atoms with E-state index in [1.807, 2.05) is 0 Å². The minimum Gasteiger partial charge on any atom is -0.442 e. The summed E-state index contributed by atoms with van der Waals surface area (Å²) in [7, 11) is 1.69. The first kappa shape index (κ1) is 12.3. The molecule has 0 atom stereocenters. The maximum absolute atomic E-state index is 5.47. The Morgan fingerprint density at radius 3 is 3.12 bits per heavy atom. The molecule has 4 nitrogen and oxygen atoms in total. The summed E-state index contributed by atoms with van der Waals surface area (Å²) >= 11 is 1.68. The second-order valence-corrected chi connectivity index (χ2v) is 4.65. The molecule has 0 aliphatic carbocycles. The van der Waals surface area contributed by atoms with Gasteiger partial charge in [0, 0.05) is 20.2 Å². The van der Waals surface area contributed by atoms with Crippen molar-refractivity contribution < 1.29 is 9.15 Å². The predicted octanol–water partition coefficient (Wildman–Crippen LogP) is 2.45. The van der Waals surface area contributed by atoms with E-state index >= 15 is 0 Å². The Morgan fingerprint density at radius 2 is 2.41 bits per heavy atom. The first-order valence-corrected chi connectivity index (χ1v) is 6.37. The molecule has 0 bridgehead atoms. The molecular formula is C12H16N2O2S. The molecule has 1 N–H and O–H groups in total. The number of nitrogens with zero attached hydrogens (tertiary/aromatic N) is 1. The fourth-order valence-electron chi connectivity index (χ4n) is 1.57. The van der Waals surface area contributed by atoms with E-state index in [9.17, 15) is 0 Å². The van der Waals surface area contributed by atoms with Gasteiger partial charge in [-0.25, -0.2) is 4.98 Å². The molecule has 0 aromatic carbocycles. The average molecular weight is 252 g/mol. The Hall–Kier alpha value is -1.17. The highest BCUT2D eigenvalue weighted by molar-refractivity contribution is 7.13. The largest absolute Gasteiger partial charge is 0.442 e. The first-order valence-electron chi connectivity index (χ1n) is 5.49. The third kappa shape index (κ3) is 2.94. The monoisotopic (exact) mass is 252 g/mol. The van der Waals surface area contributed by atoms with Crippen molar-refractivity contribution in [3.63, 3.8) is 0 Å². The molecule has 0 saturated heterocycles. The van der Waals surface area contributed by atoms with Crippen molar-refractivity contribution in [3.05, 3.63) is 29.1 Å². The van der Waals surface area contributed by atoms with Gasteiger partial charge in [-0.15, -0.1) is 11.3 Å². The third-order valence-corrected chi connectivity index (χ3v) is 3.50. The number of nitrogens with one attached hydrogen (secondary N) is 1. The van der Waals surface area contributed by atoms with Crippen LogP contribution in [0.4, 0.5) is 0 Å². The summed E-state index contributed by atoms with van der Waals surface area (Å²) in [4.78, 5) is 5.41. The van der Waals surface area contributed by atoms with Crippen LogP contribution in [0.5, 0.6) is 0 Å². The highest BCUT2D eigenvalue weighted by atomic mass is 32.1. The van der Waals surface area contributed by atoms with E-state index in [1.54, 1.807) is 18.4 Å². The van der Waals surface area contributed by atoms with E-state index in [2.05, 4.69) is 28.7 Å². The van der Waals surface area contributed by atoms with Gasteiger partial charge in [-0.1, -0.05) is 0 Å². The van der Waals surface area contributed by atoms with Crippen LogP contribution in [0.2, 0.25) is 0 Å². The number of thiophene rings is 1. The molecule has 0 aliphatic rings. The van der Waals surface area contributed by atoms with Crippen LogP contribution in [0.15, 0.2) is 22.3 Å². The lowest BCUT2D eigenvalue weighted by atomic mass is 10.2. The molecule has 2 aromatic rings. The van der Waals surface area contributed by atoms with Crippen molar-refractivity contribution in [2.24, 2.45) is 0 Å². The molecule has 17 heavy (non-hydrogen) atoms. The number of rotatable bonds is 6. The molecular weight excluding hydrogens is 236 g/mol. The van der Waals surface area contributed by atoms with Gasteiger partial charge in [0.2, 0.25) is 0 Å². The van der Waals surface area contributed by atoms with Crippen molar-refractivity contribution in [3.8, 4) is 10.6 Å². The average Bonchev–Trinajstić information content (AvgIpc) is 2.93. The van der Waals surface area contributed by atoms with Crippen molar-refractivity contribution in [2.75, 3.05) is 20.3 Å². The van der Waals surface area contributed by atoms with E-state index in [-0.39, 0.29) is 0 Å². The quantitative estimate of drug-likeness (QED) is 0.802. The number of hydrogen-bond donors (Lipinski definition) is 1. The standard InChI is InChI=1S/C12H16N2O2S/c1-9-3-6-17-12(9)11-10(14-8-16-11)7-13-4-5-15-2/h3,6,8,13H,4-5,7H2,1-2H3. The zero-order valence-corrected chi connectivity index (χ0v) is 10.8. The maximum Gasteiger partial charge on any atom is 0.181 e. The van der Waals surface area contributed by atoms with Crippen LogP contribution in [-0.2, 0) is 11.3 Å². The lowest BCUT2D eigenvalue weighted by Crippen LogP contribution is -2.19. The van der Waals surface area contributed by atoms with Gasteiger partial charge in [0.05, 0.1) is 11.5 Å². The lowest BCUT2D eigenvalue weighted by Gasteiger charge is -2.03. The minimum atomic E-state index is 0.700. The van der Waals surface area contributed by atoms with Crippen LogP contribution in [0.25, 0.3) is 10.6 Å². The van der Waals surface area contributed by atoms with Gasteiger partial charge in [-0.05, 0) is 23.9 Å². The van der Waals surface area contributed by atoms with Crippen LogP contribution in [-0.4, -0.2) is 25.2 Å². The Kier molecular flexibility index (Phi) is 4.30. The van der Waals surface area contributed by atoms with Crippen LogP contribution in [0.3, 0.4) is 0 Å². The molecule has 0 fully saturated rings. The summed E-state index contributed by atoms with van der Waals surface area (Å²) in [6.45, 7) is 4.29. The van der Waals surface area contributed by atoms with E-state index in [1.165, 1.54) is 12.0 Å². The molecule has 2 heterocycles. The number of methoxy groups -OCH3 is 1. The van der Waals surface area contributed by atoms with Gasteiger partial charge in [0.1, 0.15) is 5.69 Å². The van der Waals surface area contributed by atoms with Crippen LogP contribution < -0.4 is 5.32 Å². The number of aromatic nitrogens is 1. The second kappa shape index (κ2) is 5.95. The highest BCUT2D eigenvalue weighted by Gasteiger charge is 2.13. The van der Waals surface area contributed by atoms with E-state index < -0.39 is 0 Å². The molecule has 0 unspecified atom stereocenters. The molecule has 2 rings (SSSR count). The number of oxazole rings is 1. The van der Waals surface area contributed by atoms with Crippen molar-refractivity contribution in [2.45, 2.75) is 13.5 Å². The zero-order chi connectivity index (χ0) is 12.1. The van der Waals surface area contributed by atoms with Crippen molar-refractivity contribution in [1.29, 1.82) is 0 Å². The molecule has 92 valence electrons. The number of hydrogen-bond acceptors (Lipinski definition) is 5. The summed E-state index contributed by atoms with van der Waals surface area (Å²) in [5.41, 5.74) is 2.18. The Bertz CT molecular complexity index is 465. The van der Waals surface area contributed by atoms with Gasteiger partial charge < -0.3 is 14.5 Å². The molecule has 0 radical (unpaired) electrons. The van der Waals surface area contributed by atoms with Gasteiger partial charge in [0.25, 0.3) is 0 Å². The minimum absolute atomic E-state index is 0.700. The fourth-order valence-corrected chi connectivity index (χ4v) is 2.50. The second-order valence-electron chi connectivity index (χ2n) is 3.73. The SMILES string of the molecule is COCCNCc1ncoc1-c1sccc1C. The van der Waals surface area contributed by atoms with E-state index in [0.717, 1.165) is 22.9 Å². The Labute approximate surface area is 105 Å². The van der Waals surface area contributed by atoms with Crippen LogP contribution in [0.1, 0.15) is 11.3 Å². The Morgan fingerprint density at radius 1 is 1.53 bits per heavy atom. The van der Waals surface area contributed by atoms with Crippen molar-refractivity contribution in [1.82, 2.24) is 10.3 Å². The zero-order valence-electron chi connectivity index (χ0n) is 10.0. The normalized spacial score (nSPS) is 10.9. The maximum atomic E-state index is 5.47. The smallest absolute Gasteiger partial charge is 0.181 e. The van der Waals surface area contributed by atoms with Gasteiger partial charge in [-0.2, -0.15) is 0 Å². The highest BCUT2D eigenvalue weighted by Crippen LogP contribution is 2.31. The summed E-state index contributed by atoms with van der Waals surface area (Å²) in [5.74, 6) is 0.877. The van der Waals surface area contributed by atoms with Gasteiger partial charge >= 0.3 is 0 Å². The summed E-state index contributed by atoms with van der Waals surface area (Å²) in [5, 5.41) is 5.33. The third-order valence-electron chi connectivity index (χ3n) is 2.48. The van der Waals surface area contributed by atoms with Crippen LogP contribution in [0, 0.1) is 6.92 Å². The molecule has 5 heteroatoms. The molecule has 0 aliphatic heterocycles. The predicted molar refractivity (Wildman–Crippen MR) is 68.1 cm³/mol. The summed E-state index contributed by atoms with van der Waals surface area (Å²) in [6, 6.07) is 2.09. The molecule has 0 spiro atoms. The first-order chi connectivity index (χ1) is 8.33. The number of aryl methyl sites for hydroxylation is 1. The lowest BCUT2D eigenvalue weighted by molar-refractivity contribution is 0.199. The molecule has 0 amide bonds.